The molecule has 8 heteroatoms. The van der Waals surface area contributed by atoms with Gasteiger partial charge in [0.05, 0.1) is 10.4 Å². The topological polar surface area (TPSA) is 87.6 Å². The van der Waals surface area contributed by atoms with Gasteiger partial charge in [-0.25, -0.2) is 8.42 Å². The zero-order valence-electron chi connectivity index (χ0n) is 16.6. The fourth-order valence-electron chi connectivity index (χ4n) is 3.50. The van der Waals surface area contributed by atoms with Crippen molar-refractivity contribution in [3.63, 3.8) is 0 Å². The molecule has 1 heterocycles. The van der Waals surface area contributed by atoms with Crippen LogP contribution in [0.25, 0.3) is 0 Å². The molecule has 0 saturated carbocycles. The number of rotatable bonds is 6. The molecule has 0 aliphatic carbocycles. The molecule has 6 nitrogen and oxygen atoms in total. The van der Waals surface area contributed by atoms with Crippen molar-refractivity contribution in [2.75, 3.05) is 0 Å². The number of halogens is 1. The van der Waals surface area contributed by atoms with Crippen LogP contribution in [-0.2, 0) is 20.4 Å². The molecule has 1 atom stereocenters. The molecule has 0 radical (unpaired) electrons. The van der Waals surface area contributed by atoms with E-state index < -0.39 is 21.6 Å². The summed E-state index contributed by atoms with van der Waals surface area (Å²) in [4.78, 5) is 17.5. The van der Waals surface area contributed by atoms with Crippen LogP contribution in [0.5, 0.6) is 0 Å². The van der Waals surface area contributed by atoms with Gasteiger partial charge in [-0.2, -0.15) is 0 Å². The maximum Gasteiger partial charge on any atom is 0.263 e. The van der Waals surface area contributed by atoms with E-state index in [4.69, 9.17) is 11.6 Å². The summed E-state index contributed by atoms with van der Waals surface area (Å²) in [6, 6.07) is 13.2. The minimum absolute atomic E-state index is 0.170. The number of hydrogen-bond acceptors (Lipinski definition) is 4. The molecule has 3 rings (SSSR count). The van der Waals surface area contributed by atoms with Crippen molar-refractivity contribution in [3.8, 4) is 0 Å². The molecule has 0 spiro atoms. The van der Waals surface area contributed by atoms with E-state index in [1.165, 1.54) is 6.07 Å². The van der Waals surface area contributed by atoms with Crippen LogP contribution in [-0.4, -0.2) is 26.2 Å². The molecule has 1 aliphatic rings. The molecule has 2 aromatic rings. The highest BCUT2D eigenvalue weighted by Gasteiger charge is 2.34. The van der Waals surface area contributed by atoms with Crippen molar-refractivity contribution in [3.05, 3.63) is 64.7 Å². The number of aliphatic imine (C=N–C) groups is 1. The number of carbonyl (C=O) groups is 1. The minimum Gasteiger partial charge on any atom is -0.345 e. The lowest BCUT2D eigenvalue weighted by atomic mass is 9.84. The molecular weight excluding hydrogens is 410 g/mol. The number of benzene rings is 2. The Bertz CT molecular complexity index is 1050. The molecule has 29 heavy (non-hydrogen) atoms. The van der Waals surface area contributed by atoms with Gasteiger partial charge in [0.1, 0.15) is 11.9 Å². The number of carbonyl (C=O) groups excluding carboxylic acids is 1. The summed E-state index contributed by atoms with van der Waals surface area (Å²) in [5.41, 5.74) is 0.887. The first-order valence-electron chi connectivity index (χ1n) is 9.50. The van der Waals surface area contributed by atoms with Gasteiger partial charge in [0, 0.05) is 10.6 Å². The van der Waals surface area contributed by atoms with Gasteiger partial charge < -0.3 is 5.32 Å². The minimum atomic E-state index is -3.64. The summed E-state index contributed by atoms with van der Waals surface area (Å²) in [5, 5.41) is 3.75. The number of amides is 1. The predicted octanol–water partition coefficient (Wildman–Crippen LogP) is 3.60. The molecule has 0 unspecified atom stereocenters. The van der Waals surface area contributed by atoms with Crippen molar-refractivity contribution in [1.29, 1.82) is 0 Å². The third-order valence-corrected chi connectivity index (χ3v) is 6.98. The summed E-state index contributed by atoms with van der Waals surface area (Å²) in [6.45, 7) is 5.67. The van der Waals surface area contributed by atoms with Crippen LogP contribution in [0.1, 0.15) is 44.7 Å². The van der Waals surface area contributed by atoms with Crippen LogP contribution < -0.4 is 10.0 Å². The third-order valence-electron chi connectivity index (χ3n) is 5.33. The van der Waals surface area contributed by atoms with E-state index in [9.17, 15) is 13.2 Å². The Balaban J connectivity index is 1.86. The largest absolute Gasteiger partial charge is 0.345 e. The van der Waals surface area contributed by atoms with E-state index in [0.29, 0.717) is 23.4 Å². The monoisotopic (exact) mass is 433 g/mol. The molecule has 1 amide bonds. The number of amidine groups is 1. The Morgan fingerprint density at radius 1 is 1.14 bits per heavy atom. The highest BCUT2D eigenvalue weighted by atomic mass is 35.5. The zero-order chi connectivity index (χ0) is 21.2. The molecule has 0 saturated heterocycles. The van der Waals surface area contributed by atoms with Crippen LogP contribution in [0.3, 0.4) is 0 Å². The van der Waals surface area contributed by atoms with Gasteiger partial charge in [0.25, 0.3) is 10.0 Å². The zero-order valence-corrected chi connectivity index (χ0v) is 18.1. The molecule has 0 fully saturated rings. The average Bonchev–Trinajstić information content (AvgIpc) is 2.97. The average molecular weight is 434 g/mol. The van der Waals surface area contributed by atoms with Crippen molar-refractivity contribution < 1.29 is 13.2 Å². The van der Waals surface area contributed by atoms with Gasteiger partial charge >= 0.3 is 0 Å². The first-order valence-corrected chi connectivity index (χ1v) is 11.4. The number of nitrogens with zero attached hydrogens (tertiary/aromatic N) is 1. The Morgan fingerprint density at radius 2 is 1.76 bits per heavy atom. The van der Waals surface area contributed by atoms with E-state index in [1.807, 2.05) is 26.0 Å². The van der Waals surface area contributed by atoms with E-state index in [2.05, 4.69) is 15.0 Å². The summed E-state index contributed by atoms with van der Waals surface area (Å²) in [6.07, 6.45) is 1.38. The van der Waals surface area contributed by atoms with Crippen LogP contribution in [0.15, 0.2) is 58.4 Å². The molecule has 0 aromatic heterocycles. The maximum absolute atomic E-state index is 13.0. The summed E-state index contributed by atoms with van der Waals surface area (Å²) < 4.78 is 26.9. The quantitative estimate of drug-likeness (QED) is 0.729. The van der Waals surface area contributed by atoms with Gasteiger partial charge in [-0.3, -0.25) is 14.5 Å². The van der Waals surface area contributed by atoms with Gasteiger partial charge in [-0.05, 0) is 49.6 Å². The smallest absolute Gasteiger partial charge is 0.263 e. The first-order chi connectivity index (χ1) is 13.7. The van der Waals surface area contributed by atoms with Crippen LogP contribution in [0.2, 0.25) is 5.02 Å². The fraction of sp³-hybridized carbons (Fsp3) is 0.333. The van der Waals surface area contributed by atoms with Crippen LogP contribution in [0.4, 0.5) is 0 Å². The summed E-state index contributed by atoms with van der Waals surface area (Å²) >= 11 is 6.00. The predicted molar refractivity (Wildman–Crippen MR) is 115 cm³/mol. The Labute approximate surface area is 176 Å². The molecular formula is C21H24ClN3O3S. The molecule has 2 N–H and O–H groups in total. The van der Waals surface area contributed by atoms with Crippen molar-refractivity contribution in [2.24, 2.45) is 4.99 Å². The van der Waals surface area contributed by atoms with Gasteiger partial charge in [0.2, 0.25) is 5.91 Å². The van der Waals surface area contributed by atoms with E-state index in [-0.39, 0.29) is 16.6 Å². The Hall–Kier alpha value is -2.38. The Morgan fingerprint density at radius 3 is 2.38 bits per heavy atom. The number of hydrogen-bond donors (Lipinski definition) is 2. The fourth-order valence-corrected chi connectivity index (χ4v) is 4.86. The number of nitrogens with one attached hydrogen (secondary N) is 2. The summed E-state index contributed by atoms with van der Waals surface area (Å²) in [7, 11) is -3.64. The van der Waals surface area contributed by atoms with Crippen molar-refractivity contribution in [1.82, 2.24) is 10.0 Å². The van der Waals surface area contributed by atoms with Crippen molar-refractivity contribution >= 4 is 33.4 Å². The normalized spacial score (nSPS) is 17.4. The van der Waals surface area contributed by atoms with Crippen molar-refractivity contribution in [2.45, 2.75) is 50.1 Å². The lowest BCUT2D eigenvalue weighted by molar-refractivity contribution is -0.124. The molecule has 0 bridgehead atoms. The van der Waals surface area contributed by atoms with Crippen LogP contribution in [0, 0.1) is 0 Å². The Kier molecular flexibility index (Phi) is 6.00. The standard InChI is InChI=1S/C21H24ClN3O3S/c1-4-21(5-2,15-10-12-16(22)13-11-15)24-20(26)14(3)23-19-17-8-6-7-9-18(17)29(27,28)25-19/h6-14H,4-5H2,1-3H3,(H,23,25)(H,24,26)/t14-/m0/s1. The lowest BCUT2D eigenvalue weighted by Gasteiger charge is -2.34. The molecule has 154 valence electrons. The molecule has 2 aromatic carbocycles. The van der Waals surface area contributed by atoms with Gasteiger partial charge in [-0.1, -0.05) is 49.7 Å². The highest BCUT2D eigenvalue weighted by Crippen LogP contribution is 2.30. The second-order valence-corrected chi connectivity index (χ2v) is 9.13. The third kappa shape index (κ3) is 4.16. The molecule has 1 aliphatic heterocycles. The SMILES string of the molecule is CCC(CC)(NC(=O)[C@H](C)N=C1NS(=O)(=O)c2ccccc21)c1ccc(Cl)cc1. The van der Waals surface area contributed by atoms with Gasteiger partial charge in [-0.15, -0.1) is 0 Å². The number of sulfonamides is 1. The number of fused-ring (bicyclic) bond motifs is 1. The lowest BCUT2D eigenvalue weighted by Crippen LogP contribution is -2.48. The van der Waals surface area contributed by atoms with E-state index in [1.54, 1.807) is 37.3 Å². The second-order valence-electron chi connectivity index (χ2n) is 7.04. The van der Waals surface area contributed by atoms with Gasteiger partial charge in [0.15, 0.2) is 0 Å². The highest BCUT2D eigenvalue weighted by molar-refractivity contribution is 7.90. The van der Waals surface area contributed by atoms with Crippen LogP contribution >= 0.6 is 11.6 Å². The first kappa shape index (κ1) is 21.3. The maximum atomic E-state index is 13.0. The van der Waals surface area contributed by atoms with E-state index >= 15 is 0 Å². The van der Waals surface area contributed by atoms with E-state index in [0.717, 1.165) is 5.56 Å². The second kappa shape index (κ2) is 8.16. The summed E-state index contributed by atoms with van der Waals surface area (Å²) in [5.74, 6) is -0.0898.